The fourth-order valence-corrected chi connectivity index (χ4v) is 3.26. The molecule has 1 saturated heterocycles. The summed E-state index contributed by atoms with van der Waals surface area (Å²) >= 11 is 0. The van der Waals surface area contributed by atoms with Crippen molar-refractivity contribution in [3.05, 3.63) is 65.7 Å². The van der Waals surface area contributed by atoms with Crippen LogP contribution in [0.1, 0.15) is 24.4 Å². The molecular weight excluding hydrogens is 326 g/mol. The van der Waals surface area contributed by atoms with Crippen LogP contribution in [0.5, 0.6) is 0 Å². The maximum atomic E-state index is 13.6. The van der Waals surface area contributed by atoms with Gasteiger partial charge in [0.15, 0.2) is 0 Å². The Bertz CT molecular complexity index is 810. The molecule has 2 amide bonds. The Kier molecular flexibility index (Phi) is 4.79. The molecule has 2 atom stereocenters. The number of carbonyl (C=O) groups is 2. The topological polar surface area (TPSA) is 49.4 Å². The zero-order valence-corrected chi connectivity index (χ0v) is 13.7. The van der Waals surface area contributed by atoms with Crippen molar-refractivity contribution in [1.82, 2.24) is 4.90 Å². The van der Waals surface area contributed by atoms with Crippen LogP contribution < -0.4 is 5.32 Å². The number of rotatable bonds is 3. The van der Waals surface area contributed by atoms with Crippen LogP contribution >= 0.6 is 0 Å². The minimum atomic E-state index is -0.564. The lowest BCUT2D eigenvalue weighted by Gasteiger charge is -2.38. The highest BCUT2D eigenvalue weighted by Crippen LogP contribution is 2.36. The zero-order chi connectivity index (χ0) is 18.0. The molecule has 25 heavy (non-hydrogen) atoms. The zero-order valence-electron chi connectivity index (χ0n) is 13.7. The van der Waals surface area contributed by atoms with Gasteiger partial charge in [0.2, 0.25) is 11.8 Å². The second-order valence-electron chi connectivity index (χ2n) is 6.15. The van der Waals surface area contributed by atoms with Crippen molar-refractivity contribution >= 4 is 17.5 Å². The third kappa shape index (κ3) is 3.68. The van der Waals surface area contributed by atoms with Crippen LogP contribution in [0.4, 0.5) is 14.5 Å². The van der Waals surface area contributed by atoms with Gasteiger partial charge in [0.1, 0.15) is 11.6 Å². The van der Waals surface area contributed by atoms with E-state index in [-0.39, 0.29) is 18.2 Å². The van der Waals surface area contributed by atoms with Gasteiger partial charge in [0.05, 0.1) is 12.0 Å². The van der Waals surface area contributed by atoms with Crippen molar-refractivity contribution in [2.45, 2.75) is 18.9 Å². The highest BCUT2D eigenvalue weighted by molar-refractivity contribution is 5.94. The van der Waals surface area contributed by atoms with Crippen LogP contribution in [0.15, 0.2) is 48.5 Å². The maximum Gasteiger partial charge on any atom is 0.229 e. The first-order valence-electron chi connectivity index (χ1n) is 8.03. The van der Waals surface area contributed by atoms with E-state index in [1.54, 1.807) is 25.2 Å². The van der Waals surface area contributed by atoms with Crippen LogP contribution in [-0.4, -0.2) is 23.8 Å². The molecule has 2 aromatic rings. The summed E-state index contributed by atoms with van der Waals surface area (Å²) < 4.78 is 26.9. The van der Waals surface area contributed by atoms with Gasteiger partial charge in [-0.1, -0.05) is 18.2 Å². The number of nitrogens with one attached hydrogen (secondary N) is 1. The van der Waals surface area contributed by atoms with Gasteiger partial charge >= 0.3 is 0 Å². The van der Waals surface area contributed by atoms with Crippen molar-refractivity contribution < 1.29 is 18.4 Å². The number of benzene rings is 2. The van der Waals surface area contributed by atoms with Gasteiger partial charge in [0, 0.05) is 19.2 Å². The fraction of sp³-hybridized carbons (Fsp3) is 0.263. The molecule has 0 saturated carbocycles. The molecule has 4 nitrogen and oxygen atoms in total. The minimum absolute atomic E-state index is 0.0935. The average molecular weight is 344 g/mol. The third-order valence-electron chi connectivity index (χ3n) is 4.48. The van der Waals surface area contributed by atoms with Crippen molar-refractivity contribution in [3.63, 3.8) is 0 Å². The van der Waals surface area contributed by atoms with E-state index in [0.29, 0.717) is 17.7 Å². The number of hydrogen-bond donors (Lipinski definition) is 1. The number of carbonyl (C=O) groups excluding carboxylic acids is 2. The molecule has 0 bridgehead atoms. The van der Waals surface area contributed by atoms with Crippen molar-refractivity contribution in [2.24, 2.45) is 5.92 Å². The Hall–Kier alpha value is -2.76. The number of likely N-dealkylation sites (tertiary alicyclic amines) is 1. The molecule has 0 spiro atoms. The van der Waals surface area contributed by atoms with E-state index in [1.807, 2.05) is 0 Å². The summed E-state index contributed by atoms with van der Waals surface area (Å²) in [5, 5.41) is 2.69. The molecule has 0 aromatic heterocycles. The molecule has 0 radical (unpaired) electrons. The standard InChI is InChI=1S/C19H18F2N2O2/c1-23-17(24)9-8-16(18(23)12-4-2-5-13(20)10-12)19(25)22-15-7-3-6-14(21)11-15/h2-7,10-11,16,18H,8-9H2,1H3,(H,22,25)/t16-,18-/m1/s1. The van der Waals surface area contributed by atoms with Gasteiger partial charge in [-0.25, -0.2) is 8.78 Å². The third-order valence-corrected chi connectivity index (χ3v) is 4.48. The summed E-state index contributed by atoms with van der Waals surface area (Å²) in [7, 11) is 1.61. The molecule has 1 aliphatic heterocycles. The normalized spacial score (nSPS) is 20.4. The predicted molar refractivity (Wildman–Crippen MR) is 89.7 cm³/mol. The van der Waals surface area contributed by atoms with E-state index < -0.39 is 23.6 Å². The molecule has 130 valence electrons. The summed E-state index contributed by atoms with van der Waals surface area (Å²) in [5.41, 5.74) is 0.914. The van der Waals surface area contributed by atoms with E-state index in [2.05, 4.69) is 5.32 Å². The fourth-order valence-electron chi connectivity index (χ4n) is 3.26. The quantitative estimate of drug-likeness (QED) is 0.926. The van der Waals surface area contributed by atoms with Crippen molar-refractivity contribution in [1.29, 1.82) is 0 Å². The average Bonchev–Trinajstić information content (AvgIpc) is 2.57. The van der Waals surface area contributed by atoms with Crippen molar-refractivity contribution in [3.8, 4) is 0 Å². The second-order valence-corrected chi connectivity index (χ2v) is 6.15. The summed E-state index contributed by atoms with van der Waals surface area (Å²) in [4.78, 5) is 26.3. The molecule has 1 fully saturated rings. The maximum absolute atomic E-state index is 13.6. The van der Waals surface area contributed by atoms with Gasteiger partial charge in [0.25, 0.3) is 0 Å². The molecule has 2 aromatic carbocycles. The Morgan fingerprint density at radius 1 is 1.12 bits per heavy atom. The Balaban J connectivity index is 1.89. The number of amides is 2. The molecule has 1 N–H and O–H groups in total. The van der Waals surface area contributed by atoms with Crippen LogP contribution in [-0.2, 0) is 9.59 Å². The SMILES string of the molecule is CN1C(=O)CC[C@@H](C(=O)Nc2cccc(F)c2)[C@H]1c1cccc(F)c1. The van der Waals surface area contributed by atoms with Crippen LogP contribution in [0, 0.1) is 17.6 Å². The largest absolute Gasteiger partial charge is 0.338 e. The first kappa shape index (κ1) is 17.1. The van der Waals surface area contributed by atoms with E-state index >= 15 is 0 Å². The van der Waals surface area contributed by atoms with Crippen LogP contribution in [0.25, 0.3) is 0 Å². The highest BCUT2D eigenvalue weighted by atomic mass is 19.1. The Morgan fingerprint density at radius 2 is 1.80 bits per heavy atom. The first-order valence-corrected chi connectivity index (χ1v) is 8.03. The molecule has 0 unspecified atom stereocenters. The number of halogens is 2. The monoisotopic (exact) mass is 344 g/mol. The smallest absolute Gasteiger partial charge is 0.229 e. The molecule has 6 heteroatoms. The second kappa shape index (κ2) is 7.01. The van der Waals surface area contributed by atoms with Crippen LogP contribution in [0.3, 0.4) is 0 Å². The molecule has 0 aliphatic carbocycles. The first-order chi connectivity index (χ1) is 12.0. The van der Waals surface area contributed by atoms with E-state index in [4.69, 9.17) is 0 Å². The lowest BCUT2D eigenvalue weighted by molar-refractivity contribution is -0.140. The summed E-state index contributed by atoms with van der Waals surface area (Å²) in [6.45, 7) is 0. The number of nitrogens with zero attached hydrogens (tertiary/aromatic N) is 1. The summed E-state index contributed by atoms with van der Waals surface area (Å²) in [6, 6.07) is 11.0. The Labute approximate surface area is 144 Å². The molecule has 3 rings (SSSR count). The molecule has 1 aliphatic rings. The van der Waals surface area contributed by atoms with Crippen LogP contribution in [0.2, 0.25) is 0 Å². The number of hydrogen-bond acceptors (Lipinski definition) is 2. The molecule has 1 heterocycles. The van der Waals surface area contributed by atoms with E-state index in [0.717, 1.165) is 0 Å². The lowest BCUT2D eigenvalue weighted by atomic mass is 9.84. The van der Waals surface area contributed by atoms with Gasteiger partial charge in [-0.3, -0.25) is 9.59 Å². The van der Waals surface area contributed by atoms with Gasteiger partial charge in [-0.2, -0.15) is 0 Å². The predicted octanol–water partition coefficient (Wildman–Crippen LogP) is 3.51. The highest BCUT2D eigenvalue weighted by Gasteiger charge is 2.39. The van der Waals surface area contributed by atoms with Gasteiger partial charge in [-0.15, -0.1) is 0 Å². The van der Waals surface area contributed by atoms with E-state index in [1.165, 1.54) is 35.2 Å². The molecular formula is C19H18F2N2O2. The van der Waals surface area contributed by atoms with Gasteiger partial charge in [-0.05, 0) is 42.3 Å². The van der Waals surface area contributed by atoms with Gasteiger partial charge < -0.3 is 10.2 Å². The minimum Gasteiger partial charge on any atom is -0.338 e. The summed E-state index contributed by atoms with van der Waals surface area (Å²) in [5.74, 6) is -1.83. The Morgan fingerprint density at radius 3 is 2.48 bits per heavy atom. The van der Waals surface area contributed by atoms with Crippen molar-refractivity contribution in [2.75, 3.05) is 12.4 Å². The lowest BCUT2D eigenvalue weighted by Crippen LogP contribution is -2.44. The number of piperidine rings is 1. The van der Waals surface area contributed by atoms with E-state index in [9.17, 15) is 18.4 Å². The number of anilines is 1. The summed E-state index contributed by atoms with van der Waals surface area (Å²) in [6.07, 6.45) is 0.592.